The molecule has 4 N–H and O–H groups in total. The van der Waals surface area contributed by atoms with Gasteiger partial charge in [-0.05, 0) is 44.4 Å². The van der Waals surface area contributed by atoms with Crippen molar-refractivity contribution in [3.05, 3.63) is 47.9 Å². The van der Waals surface area contributed by atoms with Gasteiger partial charge in [-0.1, -0.05) is 6.07 Å². The fraction of sp³-hybridized carbons (Fsp3) is 0.263. The summed E-state index contributed by atoms with van der Waals surface area (Å²) in [5.74, 6) is 2.12. The van der Waals surface area contributed by atoms with E-state index >= 15 is 0 Å². The minimum atomic E-state index is 0.0931. The smallest absolute Gasteiger partial charge is 0.227 e. The lowest BCUT2D eigenvalue weighted by atomic mass is 10.1. The van der Waals surface area contributed by atoms with Gasteiger partial charge in [0, 0.05) is 29.1 Å². The number of carbonyl (C=O) groups is 1. The first kappa shape index (κ1) is 17.0. The van der Waals surface area contributed by atoms with Crippen LogP contribution in [0.4, 0.5) is 28.8 Å². The summed E-state index contributed by atoms with van der Waals surface area (Å²) in [7, 11) is 0. The van der Waals surface area contributed by atoms with Gasteiger partial charge in [-0.2, -0.15) is 5.10 Å². The molecule has 4 rings (SSSR count). The Morgan fingerprint density at radius 3 is 2.56 bits per heavy atom. The number of rotatable bonds is 6. The number of aromatic amines is 1. The van der Waals surface area contributed by atoms with Crippen LogP contribution in [0.1, 0.15) is 24.1 Å². The first-order valence-electron chi connectivity index (χ1n) is 8.86. The van der Waals surface area contributed by atoms with Crippen LogP contribution < -0.4 is 16.0 Å². The Morgan fingerprint density at radius 1 is 1.07 bits per heavy atom. The SMILES string of the molecule is Cc1cc(Nc2cncc(Nc3ccc(C)c(NC(=O)C4CC4)c3)n2)n[nH]1. The van der Waals surface area contributed by atoms with E-state index in [9.17, 15) is 4.79 Å². The van der Waals surface area contributed by atoms with E-state index in [1.54, 1.807) is 12.4 Å². The minimum Gasteiger partial charge on any atom is -0.339 e. The second-order valence-corrected chi connectivity index (χ2v) is 6.77. The summed E-state index contributed by atoms with van der Waals surface area (Å²) < 4.78 is 0. The highest BCUT2D eigenvalue weighted by molar-refractivity contribution is 5.95. The molecule has 0 spiro atoms. The van der Waals surface area contributed by atoms with Crippen molar-refractivity contribution in [2.24, 2.45) is 5.92 Å². The third-order valence-electron chi connectivity index (χ3n) is 4.31. The highest BCUT2D eigenvalue weighted by Crippen LogP contribution is 2.31. The zero-order valence-electron chi connectivity index (χ0n) is 15.2. The summed E-state index contributed by atoms with van der Waals surface area (Å²) in [6.45, 7) is 3.90. The molecule has 0 bridgehead atoms. The van der Waals surface area contributed by atoms with E-state index in [4.69, 9.17) is 0 Å². The molecular formula is C19H21N7O. The van der Waals surface area contributed by atoms with E-state index in [1.165, 1.54) is 0 Å². The normalized spacial score (nSPS) is 13.3. The molecule has 1 aliphatic carbocycles. The largest absolute Gasteiger partial charge is 0.339 e. The number of aromatic nitrogens is 4. The van der Waals surface area contributed by atoms with Crippen LogP contribution in [-0.4, -0.2) is 26.1 Å². The molecule has 138 valence electrons. The van der Waals surface area contributed by atoms with Gasteiger partial charge in [-0.25, -0.2) is 4.98 Å². The number of nitrogens with one attached hydrogen (secondary N) is 4. The number of anilines is 5. The first-order valence-corrected chi connectivity index (χ1v) is 8.86. The summed E-state index contributed by atoms with van der Waals surface area (Å²) in [6.07, 6.45) is 5.23. The molecule has 27 heavy (non-hydrogen) atoms. The summed E-state index contributed by atoms with van der Waals surface area (Å²) in [4.78, 5) is 20.8. The van der Waals surface area contributed by atoms with Crippen molar-refractivity contribution >= 4 is 34.7 Å². The third kappa shape index (κ3) is 4.22. The van der Waals surface area contributed by atoms with Gasteiger partial charge in [0.2, 0.25) is 5.91 Å². The molecule has 0 saturated heterocycles. The monoisotopic (exact) mass is 363 g/mol. The molecule has 1 amide bonds. The van der Waals surface area contributed by atoms with Gasteiger partial charge in [-0.3, -0.25) is 14.9 Å². The second kappa shape index (κ2) is 7.06. The fourth-order valence-corrected chi connectivity index (χ4v) is 2.66. The number of aryl methyl sites for hydroxylation is 2. The summed E-state index contributed by atoms with van der Waals surface area (Å²) in [5, 5.41) is 16.3. The van der Waals surface area contributed by atoms with Crippen LogP contribution in [-0.2, 0) is 4.79 Å². The van der Waals surface area contributed by atoms with E-state index in [0.29, 0.717) is 17.5 Å². The molecule has 1 saturated carbocycles. The summed E-state index contributed by atoms with van der Waals surface area (Å²) >= 11 is 0. The predicted octanol–water partition coefficient (Wildman–Crippen LogP) is 3.65. The Bertz CT molecular complexity index is 978. The third-order valence-corrected chi connectivity index (χ3v) is 4.31. The van der Waals surface area contributed by atoms with E-state index in [1.807, 2.05) is 38.1 Å². The van der Waals surface area contributed by atoms with Crippen LogP contribution in [0.15, 0.2) is 36.7 Å². The lowest BCUT2D eigenvalue weighted by Crippen LogP contribution is -2.14. The summed E-state index contributed by atoms with van der Waals surface area (Å²) in [5.41, 5.74) is 3.62. The van der Waals surface area contributed by atoms with Crippen LogP contribution in [0, 0.1) is 19.8 Å². The maximum Gasteiger partial charge on any atom is 0.227 e. The predicted molar refractivity (Wildman–Crippen MR) is 104 cm³/mol. The fourth-order valence-electron chi connectivity index (χ4n) is 2.66. The molecule has 8 nitrogen and oxygen atoms in total. The number of amides is 1. The van der Waals surface area contributed by atoms with Crippen molar-refractivity contribution in [1.82, 2.24) is 20.2 Å². The van der Waals surface area contributed by atoms with Crippen LogP contribution in [0.5, 0.6) is 0 Å². The van der Waals surface area contributed by atoms with Crippen molar-refractivity contribution in [3.8, 4) is 0 Å². The molecule has 2 heterocycles. The van der Waals surface area contributed by atoms with Gasteiger partial charge in [0.1, 0.15) is 0 Å². The highest BCUT2D eigenvalue weighted by atomic mass is 16.2. The molecule has 8 heteroatoms. The van der Waals surface area contributed by atoms with Crippen molar-refractivity contribution < 1.29 is 4.79 Å². The second-order valence-electron chi connectivity index (χ2n) is 6.77. The van der Waals surface area contributed by atoms with E-state index in [-0.39, 0.29) is 11.8 Å². The van der Waals surface area contributed by atoms with E-state index in [0.717, 1.165) is 35.5 Å². The zero-order valence-corrected chi connectivity index (χ0v) is 15.2. The van der Waals surface area contributed by atoms with Crippen molar-refractivity contribution in [3.63, 3.8) is 0 Å². The molecule has 0 aliphatic heterocycles. The molecule has 3 aromatic rings. The Hall–Kier alpha value is -3.42. The standard InChI is InChI=1S/C19H21N7O/c1-11-3-6-14(8-15(11)22-19(27)13-4-5-13)21-17-9-20-10-18(24-17)23-16-7-12(2)25-26-16/h3,6-10,13H,4-5H2,1-2H3,(H,22,27)(H3,21,23,24,25,26). The van der Waals surface area contributed by atoms with Crippen molar-refractivity contribution in [1.29, 1.82) is 0 Å². The van der Waals surface area contributed by atoms with E-state index < -0.39 is 0 Å². The number of nitrogens with zero attached hydrogens (tertiary/aromatic N) is 3. The Labute approximate surface area is 156 Å². The number of hydrogen-bond donors (Lipinski definition) is 4. The maximum absolute atomic E-state index is 12.0. The molecule has 1 aliphatic rings. The van der Waals surface area contributed by atoms with Gasteiger partial charge in [-0.15, -0.1) is 0 Å². The maximum atomic E-state index is 12.0. The average molecular weight is 363 g/mol. The Balaban J connectivity index is 1.48. The van der Waals surface area contributed by atoms with Crippen LogP contribution >= 0.6 is 0 Å². The zero-order chi connectivity index (χ0) is 18.8. The van der Waals surface area contributed by atoms with Crippen LogP contribution in [0.25, 0.3) is 0 Å². The number of H-pyrrole nitrogens is 1. The lowest BCUT2D eigenvalue weighted by Gasteiger charge is -2.12. The lowest BCUT2D eigenvalue weighted by molar-refractivity contribution is -0.117. The number of hydrogen-bond acceptors (Lipinski definition) is 6. The topological polar surface area (TPSA) is 108 Å². The van der Waals surface area contributed by atoms with Crippen LogP contribution in [0.2, 0.25) is 0 Å². The van der Waals surface area contributed by atoms with Crippen LogP contribution in [0.3, 0.4) is 0 Å². The molecule has 2 aromatic heterocycles. The average Bonchev–Trinajstić information content (AvgIpc) is 3.42. The van der Waals surface area contributed by atoms with Gasteiger partial charge in [0.25, 0.3) is 0 Å². The highest BCUT2D eigenvalue weighted by Gasteiger charge is 2.29. The molecular weight excluding hydrogens is 342 g/mol. The van der Waals surface area contributed by atoms with Gasteiger partial charge in [0.15, 0.2) is 17.5 Å². The number of benzene rings is 1. The molecule has 0 unspecified atom stereocenters. The first-order chi connectivity index (χ1) is 13.1. The van der Waals surface area contributed by atoms with E-state index in [2.05, 4.69) is 36.1 Å². The molecule has 0 atom stereocenters. The van der Waals surface area contributed by atoms with Gasteiger partial charge < -0.3 is 16.0 Å². The molecule has 0 radical (unpaired) electrons. The van der Waals surface area contributed by atoms with Crippen molar-refractivity contribution in [2.45, 2.75) is 26.7 Å². The van der Waals surface area contributed by atoms with Crippen molar-refractivity contribution in [2.75, 3.05) is 16.0 Å². The minimum absolute atomic E-state index is 0.0931. The number of carbonyl (C=O) groups excluding carboxylic acids is 1. The Kier molecular flexibility index (Phi) is 4.45. The van der Waals surface area contributed by atoms with Gasteiger partial charge >= 0.3 is 0 Å². The Morgan fingerprint density at radius 2 is 1.85 bits per heavy atom. The quantitative estimate of drug-likeness (QED) is 0.532. The van der Waals surface area contributed by atoms with Gasteiger partial charge in [0.05, 0.1) is 12.4 Å². The summed E-state index contributed by atoms with van der Waals surface area (Å²) in [6, 6.07) is 7.71. The molecule has 1 fully saturated rings. The molecule has 1 aromatic carbocycles.